The smallest absolute Gasteiger partial charge is 0.251 e. The minimum Gasteiger partial charge on any atom is -0.352 e. The first-order valence-corrected chi connectivity index (χ1v) is 11.1. The van der Waals surface area contributed by atoms with Crippen LogP contribution in [0.3, 0.4) is 0 Å². The van der Waals surface area contributed by atoms with Crippen molar-refractivity contribution >= 4 is 15.9 Å². The molecule has 2 aromatic rings. The van der Waals surface area contributed by atoms with Crippen LogP contribution in [0.25, 0.3) is 0 Å². The number of nitrogens with one attached hydrogen (secondary N) is 1. The Bertz CT molecular complexity index is 975. The third kappa shape index (κ3) is 5.19. The number of piperidine rings is 1. The van der Waals surface area contributed by atoms with E-state index >= 15 is 0 Å². The Morgan fingerprint density at radius 2 is 1.86 bits per heavy atom. The van der Waals surface area contributed by atoms with Crippen molar-refractivity contribution < 1.29 is 22.0 Å². The van der Waals surface area contributed by atoms with E-state index in [0.29, 0.717) is 12.1 Å². The molecule has 1 saturated heterocycles. The molecule has 0 spiro atoms. The quantitative estimate of drug-likeness (QED) is 0.775. The fraction of sp³-hybridized carbons (Fsp3) is 0.381. The van der Waals surface area contributed by atoms with E-state index in [1.165, 1.54) is 34.6 Å². The number of carbonyl (C=O) groups is 1. The van der Waals surface area contributed by atoms with Crippen LogP contribution in [0.5, 0.6) is 0 Å². The van der Waals surface area contributed by atoms with Crippen LogP contribution in [-0.2, 0) is 16.4 Å². The van der Waals surface area contributed by atoms with Crippen molar-refractivity contribution in [1.82, 2.24) is 9.62 Å². The second-order valence-electron chi connectivity index (χ2n) is 7.27. The van der Waals surface area contributed by atoms with Crippen LogP contribution in [0.1, 0.15) is 42.1 Å². The number of benzene rings is 2. The van der Waals surface area contributed by atoms with Gasteiger partial charge >= 0.3 is 0 Å². The van der Waals surface area contributed by atoms with Crippen molar-refractivity contribution in [2.24, 2.45) is 0 Å². The average Bonchev–Trinajstić information content (AvgIpc) is 2.67. The van der Waals surface area contributed by atoms with E-state index in [1.807, 2.05) is 6.92 Å². The van der Waals surface area contributed by atoms with Crippen molar-refractivity contribution in [3.8, 4) is 0 Å². The number of halogens is 2. The van der Waals surface area contributed by atoms with Gasteiger partial charge in [0.05, 0.1) is 4.90 Å². The van der Waals surface area contributed by atoms with Crippen LogP contribution < -0.4 is 5.32 Å². The third-order valence-electron chi connectivity index (χ3n) is 5.07. The molecule has 0 aromatic heterocycles. The summed E-state index contributed by atoms with van der Waals surface area (Å²) in [6.45, 7) is 2.54. The lowest BCUT2D eigenvalue weighted by Gasteiger charge is -2.32. The van der Waals surface area contributed by atoms with Crippen LogP contribution in [-0.4, -0.2) is 37.8 Å². The fourth-order valence-corrected chi connectivity index (χ4v) is 5.29. The van der Waals surface area contributed by atoms with E-state index in [-0.39, 0.29) is 29.5 Å². The molecular weight excluding hydrogens is 398 g/mol. The first-order chi connectivity index (χ1) is 13.8. The maximum Gasteiger partial charge on any atom is 0.251 e. The number of hydrogen-bond acceptors (Lipinski definition) is 3. The number of sulfonamides is 1. The summed E-state index contributed by atoms with van der Waals surface area (Å²) >= 11 is 0. The maximum absolute atomic E-state index is 13.2. The zero-order valence-electron chi connectivity index (χ0n) is 16.2. The molecule has 156 valence electrons. The van der Waals surface area contributed by atoms with E-state index in [1.54, 1.807) is 6.07 Å². The molecular formula is C21H24F2N2O3S. The lowest BCUT2D eigenvalue weighted by Crippen LogP contribution is -2.42. The minimum absolute atomic E-state index is 0.0714. The Labute approximate surface area is 169 Å². The van der Waals surface area contributed by atoms with Crippen LogP contribution >= 0.6 is 0 Å². The molecule has 1 N–H and O–H groups in total. The topological polar surface area (TPSA) is 66.5 Å². The molecule has 3 rings (SSSR count). The van der Waals surface area contributed by atoms with E-state index in [4.69, 9.17) is 0 Å². The molecule has 1 fully saturated rings. The van der Waals surface area contributed by atoms with Crippen LogP contribution in [0.15, 0.2) is 47.4 Å². The minimum atomic E-state index is -3.67. The van der Waals surface area contributed by atoms with Gasteiger partial charge in [-0.1, -0.05) is 12.5 Å². The highest BCUT2D eigenvalue weighted by atomic mass is 32.2. The van der Waals surface area contributed by atoms with Crippen LogP contribution in [0.2, 0.25) is 0 Å². The molecule has 1 amide bonds. The van der Waals surface area contributed by atoms with E-state index in [0.717, 1.165) is 25.3 Å². The summed E-state index contributed by atoms with van der Waals surface area (Å²) < 4.78 is 53.9. The number of nitrogens with zero attached hydrogens (tertiary/aromatic N) is 1. The predicted molar refractivity (Wildman–Crippen MR) is 106 cm³/mol. The number of carbonyl (C=O) groups excluding carboxylic acids is 1. The van der Waals surface area contributed by atoms with Gasteiger partial charge in [-0.15, -0.1) is 0 Å². The first-order valence-electron chi connectivity index (χ1n) is 9.62. The van der Waals surface area contributed by atoms with Crippen molar-refractivity contribution in [1.29, 1.82) is 0 Å². The molecule has 5 nitrogen and oxygen atoms in total. The lowest BCUT2D eigenvalue weighted by atomic mass is 10.1. The Morgan fingerprint density at radius 1 is 1.14 bits per heavy atom. The summed E-state index contributed by atoms with van der Waals surface area (Å²) in [5.41, 5.74) is 0.652. The second-order valence-corrected chi connectivity index (χ2v) is 9.16. The maximum atomic E-state index is 13.2. The molecule has 0 radical (unpaired) electrons. The summed E-state index contributed by atoms with van der Waals surface area (Å²) in [5.74, 6) is -1.78. The van der Waals surface area contributed by atoms with Crippen LogP contribution in [0, 0.1) is 11.6 Å². The van der Waals surface area contributed by atoms with E-state index in [2.05, 4.69) is 5.32 Å². The third-order valence-corrected chi connectivity index (χ3v) is 7.08. The molecule has 2 aromatic carbocycles. The molecule has 8 heteroatoms. The van der Waals surface area contributed by atoms with Crippen LogP contribution in [0.4, 0.5) is 8.78 Å². The molecule has 1 heterocycles. The second kappa shape index (κ2) is 9.00. The van der Waals surface area contributed by atoms with Gasteiger partial charge in [-0.05, 0) is 62.1 Å². The highest BCUT2D eigenvalue weighted by molar-refractivity contribution is 7.89. The molecule has 0 saturated carbocycles. The van der Waals surface area contributed by atoms with E-state index in [9.17, 15) is 22.0 Å². The fourth-order valence-electron chi connectivity index (χ4n) is 3.54. The van der Waals surface area contributed by atoms with Gasteiger partial charge in [0.15, 0.2) is 0 Å². The molecule has 1 unspecified atom stereocenters. The van der Waals surface area contributed by atoms with Gasteiger partial charge in [0.2, 0.25) is 10.0 Å². The SMILES string of the molecule is CC1CCCCN1S(=O)(=O)c1cccc(C(=O)NCCc2cc(F)cc(F)c2)c1. The molecule has 29 heavy (non-hydrogen) atoms. The van der Waals surface area contributed by atoms with Gasteiger partial charge in [-0.2, -0.15) is 4.31 Å². The highest BCUT2D eigenvalue weighted by Crippen LogP contribution is 2.25. The van der Waals surface area contributed by atoms with Gasteiger partial charge in [0, 0.05) is 30.8 Å². The standard InChI is InChI=1S/C21H24F2N2O3S/c1-15-5-2-3-10-25(15)29(27,28)20-7-4-6-17(13-20)21(26)24-9-8-16-11-18(22)14-19(23)12-16/h4,6-7,11-15H,2-3,5,8-10H2,1H3,(H,24,26). The van der Waals surface area contributed by atoms with Gasteiger partial charge in [0.25, 0.3) is 5.91 Å². The predicted octanol–water partition coefficient (Wildman–Crippen LogP) is 3.50. The van der Waals surface area contributed by atoms with Gasteiger partial charge in [0.1, 0.15) is 11.6 Å². The van der Waals surface area contributed by atoms with E-state index < -0.39 is 27.6 Å². The molecule has 0 bridgehead atoms. The van der Waals surface area contributed by atoms with Gasteiger partial charge in [-0.3, -0.25) is 4.79 Å². The Kier molecular flexibility index (Phi) is 6.64. The highest BCUT2D eigenvalue weighted by Gasteiger charge is 2.31. The zero-order valence-corrected chi connectivity index (χ0v) is 17.0. The number of rotatable bonds is 6. The molecule has 1 atom stereocenters. The summed E-state index contributed by atoms with van der Waals surface area (Å²) in [6, 6.07) is 9.07. The average molecular weight is 422 g/mol. The summed E-state index contributed by atoms with van der Waals surface area (Å²) in [5, 5.41) is 2.66. The largest absolute Gasteiger partial charge is 0.352 e. The monoisotopic (exact) mass is 422 g/mol. The van der Waals surface area contributed by atoms with Crippen molar-refractivity contribution in [3.63, 3.8) is 0 Å². The Morgan fingerprint density at radius 3 is 2.55 bits per heavy atom. The number of hydrogen-bond donors (Lipinski definition) is 1. The van der Waals surface area contributed by atoms with Crippen molar-refractivity contribution in [3.05, 3.63) is 65.2 Å². The van der Waals surface area contributed by atoms with Crippen molar-refractivity contribution in [2.75, 3.05) is 13.1 Å². The number of amides is 1. The van der Waals surface area contributed by atoms with Gasteiger partial charge < -0.3 is 5.32 Å². The molecule has 1 aliphatic rings. The summed E-state index contributed by atoms with van der Waals surface area (Å²) in [4.78, 5) is 12.5. The summed E-state index contributed by atoms with van der Waals surface area (Å²) in [6.07, 6.45) is 2.90. The normalized spacial score (nSPS) is 17.8. The van der Waals surface area contributed by atoms with Crippen molar-refractivity contribution in [2.45, 2.75) is 43.5 Å². The van der Waals surface area contributed by atoms with Gasteiger partial charge in [-0.25, -0.2) is 17.2 Å². The first kappa shape index (κ1) is 21.4. The zero-order chi connectivity index (χ0) is 21.0. The Hall–Kier alpha value is -2.32. The summed E-state index contributed by atoms with van der Waals surface area (Å²) in [7, 11) is -3.67. The Balaban J connectivity index is 1.67. The lowest BCUT2D eigenvalue weighted by molar-refractivity contribution is 0.0954. The molecule has 1 aliphatic heterocycles. The molecule has 0 aliphatic carbocycles.